The highest BCUT2D eigenvalue weighted by molar-refractivity contribution is 6.30. The van der Waals surface area contributed by atoms with Crippen LogP contribution in [0.25, 0.3) is 33.3 Å². The summed E-state index contributed by atoms with van der Waals surface area (Å²) >= 11 is 6.07. The van der Waals surface area contributed by atoms with Crippen molar-refractivity contribution in [3.8, 4) is 28.1 Å². The van der Waals surface area contributed by atoms with Gasteiger partial charge in [0, 0.05) is 21.5 Å². The molecule has 2 aromatic heterocycles. The molecule has 2 N–H and O–H groups in total. The van der Waals surface area contributed by atoms with Gasteiger partial charge in [0.25, 0.3) is 0 Å². The minimum Gasteiger partial charge on any atom is -0.495 e. The molecule has 0 fully saturated rings. The number of nitrogens with zero attached hydrogens (tertiary/aromatic N) is 3. The third kappa shape index (κ3) is 3.15. The predicted molar refractivity (Wildman–Crippen MR) is 104 cm³/mol. The Kier molecular flexibility index (Phi) is 4.33. The number of aromatic nitrogens is 3. The summed E-state index contributed by atoms with van der Waals surface area (Å²) in [5.41, 5.74) is 8.92. The SMILES string of the molecule is COc1cnc(-c2cc(Cl)ccc2F)c(-c2ccc3ncnc(N)c3c2)c1. The molecule has 0 bridgehead atoms. The second-order valence-electron chi connectivity index (χ2n) is 5.89. The molecule has 0 aliphatic rings. The van der Waals surface area contributed by atoms with E-state index < -0.39 is 5.82 Å². The van der Waals surface area contributed by atoms with E-state index in [-0.39, 0.29) is 0 Å². The number of rotatable bonds is 3. The maximum absolute atomic E-state index is 14.5. The first kappa shape index (κ1) is 17.2. The Labute approximate surface area is 159 Å². The van der Waals surface area contributed by atoms with Crippen molar-refractivity contribution in [2.75, 3.05) is 12.8 Å². The summed E-state index contributed by atoms with van der Waals surface area (Å²) < 4.78 is 19.8. The Hall–Kier alpha value is -3.25. The van der Waals surface area contributed by atoms with Crippen molar-refractivity contribution < 1.29 is 9.13 Å². The molecule has 0 saturated carbocycles. The van der Waals surface area contributed by atoms with E-state index in [1.54, 1.807) is 19.2 Å². The van der Waals surface area contributed by atoms with Gasteiger partial charge in [0.05, 0.1) is 24.5 Å². The Bertz CT molecular complexity index is 1170. The van der Waals surface area contributed by atoms with Crippen molar-refractivity contribution in [3.05, 3.63) is 65.8 Å². The minimum absolute atomic E-state index is 0.303. The molecule has 0 aliphatic carbocycles. The van der Waals surface area contributed by atoms with E-state index in [4.69, 9.17) is 22.1 Å². The van der Waals surface area contributed by atoms with Crippen molar-refractivity contribution in [2.45, 2.75) is 0 Å². The predicted octanol–water partition coefficient (Wildman–Crippen LogP) is 4.74. The number of ether oxygens (including phenoxy) is 1. The lowest BCUT2D eigenvalue weighted by Gasteiger charge is -2.13. The lowest BCUT2D eigenvalue weighted by Crippen LogP contribution is -1.96. The fourth-order valence-corrected chi connectivity index (χ4v) is 3.09. The van der Waals surface area contributed by atoms with Gasteiger partial charge in [-0.25, -0.2) is 14.4 Å². The van der Waals surface area contributed by atoms with Crippen molar-refractivity contribution in [3.63, 3.8) is 0 Å². The first-order chi connectivity index (χ1) is 13.1. The van der Waals surface area contributed by atoms with Crippen LogP contribution in [-0.4, -0.2) is 22.1 Å². The fraction of sp³-hybridized carbons (Fsp3) is 0.0500. The van der Waals surface area contributed by atoms with Crippen molar-refractivity contribution >= 4 is 28.3 Å². The monoisotopic (exact) mass is 380 g/mol. The zero-order valence-corrected chi connectivity index (χ0v) is 15.0. The van der Waals surface area contributed by atoms with Gasteiger partial charge in [0.1, 0.15) is 23.7 Å². The number of hydrogen-bond donors (Lipinski definition) is 1. The second-order valence-corrected chi connectivity index (χ2v) is 6.32. The lowest BCUT2D eigenvalue weighted by molar-refractivity contribution is 0.413. The minimum atomic E-state index is -0.415. The van der Waals surface area contributed by atoms with Crippen LogP contribution in [0.5, 0.6) is 5.75 Å². The van der Waals surface area contributed by atoms with Crippen molar-refractivity contribution in [1.29, 1.82) is 0 Å². The van der Waals surface area contributed by atoms with Crippen molar-refractivity contribution in [1.82, 2.24) is 15.0 Å². The molecular formula is C20H14ClFN4O. The molecule has 0 atom stereocenters. The molecule has 2 aromatic carbocycles. The van der Waals surface area contributed by atoms with Crippen LogP contribution in [0.2, 0.25) is 5.02 Å². The van der Waals surface area contributed by atoms with Gasteiger partial charge >= 0.3 is 0 Å². The van der Waals surface area contributed by atoms with Crippen LogP contribution < -0.4 is 10.5 Å². The summed E-state index contributed by atoms with van der Waals surface area (Å²) in [5, 5.41) is 1.13. The number of pyridine rings is 1. The molecule has 2 heterocycles. The van der Waals surface area contributed by atoms with E-state index in [0.717, 1.165) is 11.1 Å². The largest absolute Gasteiger partial charge is 0.495 e. The lowest BCUT2D eigenvalue weighted by atomic mass is 9.97. The molecule has 4 aromatic rings. The highest BCUT2D eigenvalue weighted by atomic mass is 35.5. The number of benzene rings is 2. The molecule has 0 spiro atoms. The van der Waals surface area contributed by atoms with Crippen LogP contribution in [0.15, 0.2) is 55.0 Å². The first-order valence-electron chi connectivity index (χ1n) is 8.07. The Balaban J connectivity index is 1.99. The summed E-state index contributed by atoms with van der Waals surface area (Å²) in [4.78, 5) is 12.7. The molecule has 0 radical (unpaired) electrons. The summed E-state index contributed by atoms with van der Waals surface area (Å²) in [6.07, 6.45) is 2.95. The van der Waals surface area contributed by atoms with Gasteiger partial charge in [-0.15, -0.1) is 0 Å². The number of nitrogens with two attached hydrogens (primary N) is 1. The van der Waals surface area contributed by atoms with E-state index in [9.17, 15) is 4.39 Å². The fourth-order valence-electron chi connectivity index (χ4n) is 2.92. The highest BCUT2D eigenvalue weighted by Crippen LogP contribution is 2.36. The summed E-state index contributed by atoms with van der Waals surface area (Å²) in [6, 6.07) is 11.7. The number of anilines is 1. The van der Waals surface area contributed by atoms with E-state index in [1.165, 1.54) is 24.7 Å². The molecule has 4 rings (SSSR count). The molecule has 7 heteroatoms. The number of nitrogen functional groups attached to an aromatic ring is 1. The van der Waals surface area contributed by atoms with E-state index in [1.807, 2.05) is 18.2 Å². The van der Waals surface area contributed by atoms with E-state index in [0.29, 0.717) is 38.8 Å². The van der Waals surface area contributed by atoms with E-state index in [2.05, 4.69) is 15.0 Å². The Morgan fingerprint density at radius 3 is 2.67 bits per heavy atom. The first-order valence-corrected chi connectivity index (χ1v) is 8.44. The summed E-state index contributed by atoms with van der Waals surface area (Å²) in [5.74, 6) is 0.503. The topological polar surface area (TPSA) is 73.9 Å². The van der Waals surface area contributed by atoms with Gasteiger partial charge in [0.15, 0.2) is 0 Å². The smallest absolute Gasteiger partial charge is 0.137 e. The third-order valence-corrected chi connectivity index (χ3v) is 4.49. The second kappa shape index (κ2) is 6.81. The molecule has 5 nitrogen and oxygen atoms in total. The Morgan fingerprint density at radius 2 is 1.85 bits per heavy atom. The van der Waals surface area contributed by atoms with Gasteiger partial charge in [-0.3, -0.25) is 4.98 Å². The van der Waals surface area contributed by atoms with Crippen LogP contribution in [0.1, 0.15) is 0 Å². The molecule has 0 saturated heterocycles. The molecule has 134 valence electrons. The normalized spacial score (nSPS) is 10.9. The van der Waals surface area contributed by atoms with Gasteiger partial charge in [-0.05, 0) is 42.0 Å². The van der Waals surface area contributed by atoms with Gasteiger partial charge < -0.3 is 10.5 Å². The standard InChI is InChI=1S/C20H14ClFN4O/c1-27-13-8-14(11-2-5-18-16(6-11)20(23)26-10-25-18)19(24-9-13)15-7-12(21)3-4-17(15)22/h2-10H,1H3,(H2,23,25,26). The number of fused-ring (bicyclic) bond motifs is 1. The average Bonchev–Trinajstić information content (AvgIpc) is 2.69. The Morgan fingerprint density at radius 1 is 1.00 bits per heavy atom. The van der Waals surface area contributed by atoms with E-state index >= 15 is 0 Å². The average molecular weight is 381 g/mol. The summed E-state index contributed by atoms with van der Waals surface area (Å²) in [6.45, 7) is 0. The summed E-state index contributed by atoms with van der Waals surface area (Å²) in [7, 11) is 1.55. The zero-order valence-electron chi connectivity index (χ0n) is 14.3. The van der Waals surface area contributed by atoms with Crippen LogP contribution in [0.3, 0.4) is 0 Å². The third-order valence-electron chi connectivity index (χ3n) is 4.26. The van der Waals surface area contributed by atoms with Crippen molar-refractivity contribution in [2.24, 2.45) is 0 Å². The van der Waals surface area contributed by atoms with Gasteiger partial charge in [0.2, 0.25) is 0 Å². The number of halogens is 2. The molecular weight excluding hydrogens is 367 g/mol. The van der Waals surface area contributed by atoms with Crippen LogP contribution in [-0.2, 0) is 0 Å². The number of hydrogen-bond acceptors (Lipinski definition) is 5. The van der Waals surface area contributed by atoms with Crippen LogP contribution in [0.4, 0.5) is 10.2 Å². The van der Waals surface area contributed by atoms with Crippen LogP contribution in [0, 0.1) is 5.82 Å². The maximum Gasteiger partial charge on any atom is 0.137 e. The molecule has 0 unspecified atom stereocenters. The zero-order chi connectivity index (χ0) is 19.0. The quantitative estimate of drug-likeness (QED) is 0.555. The van der Waals surface area contributed by atoms with Gasteiger partial charge in [-0.2, -0.15) is 0 Å². The maximum atomic E-state index is 14.5. The van der Waals surface area contributed by atoms with Crippen LogP contribution >= 0.6 is 11.6 Å². The van der Waals surface area contributed by atoms with Gasteiger partial charge in [-0.1, -0.05) is 17.7 Å². The number of methoxy groups -OCH3 is 1. The molecule has 0 amide bonds. The highest BCUT2D eigenvalue weighted by Gasteiger charge is 2.16. The molecule has 27 heavy (non-hydrogen) atoms. The molecule has 0 aliphatic heterocycles.